The Morgan fingerprint density at radius 3 is 2.75 bits per heavy atom. The fourth-order valence-electron chi connectivity index (χ4n) is 2.52. The highest BCUT2D eigenvalue weighted by Crippen LogP contribution is 2.22. The van der Waals surface area contributed by atoms with Gasteiger partial charge in [0.15, 0.2) is 4.34 Å². The molecule has 1 atom stereocenters. The van der Waals surface area contributed by atoms with Gasteiger partial charge in [0.2, 0.25) is 5.91 Å². The lowest BCUT2D eigenvalue weighted by molar-refractivity contribution is -0.131. The summed E-state index contributed by atoms with van der Waals surface area (Å²) < 4.78 is 0.879. The topological polar surface area (TPSA) is 49.3 Å². The highest BCUT2D eigenvalue weighted by atomic mass is 32.2. The Morgan fingerprint density at radius 1 is 1.45 bits per heavy atom. The van der Waals surface area contributed by atoms with E-state index in [1.807, 2.05) is 11.8 Å². The van der Waals surface area contributed by atoms with E-state index in [2.05, 4.69) is 35.9 Å². The van der Waals surface area contributed by atoms with E-state index < -0.39 is 0 Å². The van der Waals surface area contributed by atoms with E-state index in [9.17, 15) is 4.79 Å². The Hall–Kier alpha value is -0.660. The summed E-state index contributed by atoms with van der Waals surface area (Å²) in [6, 6.07) is 0.975. The van der Waals surface area contributed by atoms with Gasteiger partial charge in [0, 0.05) is 31.7 Å². The van der Waals surface area contributed by atoms with E-state index in [0.717, 1.165) is 29.0 Å². The monoisotopic (exact) mass is 314 g/mol. The molecule has 0 aromatic carbocycles. The predicted octanol–water partition coefficient (Wildman–Crippen LogP) is 1.88. The zero-order valence-corrected chi connectivity index (χ0v) is 14.1. The number of amides is 1. The highest BCUT2D eigenvalue weighted by Gasteiger charge is 2.27. The van der Waals surface area contributed by atoms with Crippen LogP contribution in [0.4, 0.5) is 0 Å². The summed E-state index contributed by atoms with van der Waals surface area (Å²) in [4.78, 5) is 16.7. The van der Waals surface area contributed by atoms with Crippen molar-refractivity contribution in [3.8, 4) is 0 Å². The van der Waals surface area contributed by atoms with Gasteiger partial charge in [-0.15, -0.1) is 10.2 Å². The fraction of sp³-hybridized carbons (Fsp3) is 0.769. The molecular weight excluding hydrogens is 292 g/mol. The average Bonchev–Trinajstić information content (AvgIpc) is 2.81. The maximum absolute atomic E-state index is 12.2. The van der Waals surface area contributed by atoms with Gasteiger partial charge in [0.25, 0.3) is 0 Å². The number of carbonyl (C=O) groups is 1. The van der Waals surface area contributed by atoms with Gasteiger partial charge in [-0.25, -0.2) is 0 Å². The molecule has 20 heavy (non-hydrogen) atoms. The van der Waals surface area contributed by atoms with E-state index in [1.165, 1.54) is 11.8 Å². The second kappa shape index (κ2) is 6.87. The van der Waals surface area contributed by atoms with Crippen LogP contribution < -0.4 is 0 Å². The number of piperazine rings is 1. The molecule has 1 saturated heterocycles. The molecule has 0 radical (unpaired) electrons. The standard InChI is InChI=1S/C13H22N4OS2/c1-9(2)17-6-5-16(7-10(17)3)12(18)8-19-13-15-14-11(4)20-13/h9-10H,5-8H2,1-4H3. The van der Waals surface area contributed by atoms with Crippen LogP contribution in [0.1, 0.15) is 25.8 Å². The average molecular weight is 314 g/mol. The highest BCUT2D eigenvalue weighted by molar-refractivity contribution is 8.01. The molecule has 1 amide bonds. The van der Waals surface area contributed by atoms with Crippen LogP contribution in [0, 0.1) is 6.92 Å². The zero-order valence-electron chi connectivity index (χ0n) is 12.5. The molecule has 1 aromatic rings. The summed E-state index contributed by atoms with van der Waals surface area (Å²) in [7, 11) is 0. The molecule has 0 N–H and O–H groups in total. The minimum Gasteiger partial charge on any atom is -0.339 e. The van der Waals surface area contributed by atoms with Crippen LogP contribution in [-0.2, 0) is 4.79 Å². The molecule has 1 aromatic heterocycles. The SMILES string of the molecule is Cc1nnc(SCC(=O)N2CCN(C(C)C)C(C)C2)s1. The van der Waals surface area contributed by atoms with Crippen LogP contribution in [0.25, 0.3) is 0 Å². The lowest BCUT2D eigenvalue weighted by Gasteiger charge is -2.42. The quantitative estimate of drug-likeness (QED) is 0.794. The minimum atomic E-state index is 0.207. The second-order valence-electron chi connectivity index (χ2n) is 5.40. The molecule has 112 valence electrons. The van der Waals surface area contributed by atoms with Crippen LogP contribution >= 0.6 is 23.1 Å². The van der Waals surface area contributed by atoms with Gasteiger partial charge in [-0.1, -0.05) is 23.1 Å². The van der Waals surface area contributed by atoms with Crippen LogP contribution in [0.3, 0.4) is 0 Å². The second-order valence-corrected chi connectivity index (χ2v) is 7.80. The van der Waals surface area contributed by atoms with Gasteiger partial charge in [-0.2, -0.15) is 0 Å². The Bertz CT molecular complexity index is 463. The Balaban J connectivity index is 1.82. The molecule has 0 aliphatic carbocycles. The van der Waals surface area contributed by atoms with Crippen molar-refractivity contribution in [1.82, 2.24) is 20.0 Å². The lowest BCUT2D eigenvalue weighted by atomic mass is 10.1. The molecule has 1 fully saturated rings. The van der Waals surface area contributed by atoms with Gasteiger partial charge >= 0.3 is 0 Å². The summed E-state index contributed by atoms with van der Waals surface area (Å²) in [6.07, 6.45) is 0. The Labute approximate surface area is 128 Å². The molecule has 1 aliphatic heterocycles. The molecule has 0 saturated carbocycles. The van der Waals surface area contributed by atoms with Crippen LogP contribution in [0.15, 0.2) is 4.34 Å². The first-order valence-electron chi connectivity index (χ1n) is 6.93. The molecule has 5 nitrogen and oxygen atoms in total. The first kappa shape index (κ1) is 15.7. The van der Waals surface area contributed by atoms with Crippen LogP contribution in [0.5, 0.6) is 0 Å². The van der Waals surface area contributed by atoms with E-state index in [0.29, 0.717) is 17.8 Å². The van der Waals surface area contributed by atoms with E-state index in [4.69, 9.17) is 0 Å². The molecule has 7 heteroatoms. The van der Waals surface area contributed by atoms with Crippen molar-refractivity contribution in [2.45, 2.75) is 44.1 Å². The number of carbonyl (C=O) groups excluding carboxylic acids is 1. The summed E-state index contributed by atoms with van der Waals surface area (Å²) >= 11 is 3.03. The third-order valence-electron chi connectivity index (χ3n) is 3.52. The lowest BCUT2D eigenvalue weighted by Crippen LogP contribution is -2.55. The largest absolute Gasteiger partial charge is 0.339 e. The summed E-state index contributed by atoms with van der Waals surface area (Å²) in [6.45, 7) is 11.2. The molecule has 1 aliphatic rings. The number of aryl methyl sites for hydroxylation is 1. The predicted molar refractivity (Wildman–Crippen MR) is 83.3 cm³/mol. The minimum absolute atomic E-state index is 0.207. The smallest absolute Gasteiger partial charge is 0.233 e. The molecule has 1 unspecified atom stereocenters. The molecule has 0 spiro atoms. The van der Waals surface area contributed by atoms with Gasteiger partial charge in [0.05, 0.1) is 5.75 Å². The maximum atomic E-state index is 12.2. The number of aromatic nitrogens is 2. The molecule has 0 bridgehead atoms. The van der Waals surface area contributed by atoms with Crippen molar-refractivity contribution >= 4 is 29.0 Å². The van der Waals surface area contributed by atoms with Gasteiger partial charge in [-0.05, 0) is 27.7 Å². The Kier molecular flexibility index (Phi) is 5.40. The number of thioether (sulfide) groups is 1. The van der Waals surface area contributed by atoms with Crippen molar-refractivity contribution in [2.24, 2.45) is 0 Å². The zero-order chi connectivity index (χ0) is 14.7. The van der Waals surface area contributed by atoms with Crippen molar-refractivity contribution in [3.05, 3.63) is 5.01 Å². The van der Waals surface area contributed by atoms with Crippen molar-refractivity contribution in [3.63, 3.8) is 0 Å². The van der Waals surface area contributed by atoms with E-state index in [1.54, 1.807) is 11.3 Å². The fourth-order valence-corrected chi connectivity index (χ4v) is 4.24. The molecule has 2 rings (SSSR count). The van der Waals surface area contributed by atoms with Gasteiger partial charge < -0.3 is 4.90 Å². The number of hydrogen-bond donors (Lipinski definition) is 0. The maximum Gasteiger partial charge on any atom is 0.233 e. The third-order valence-corrected chi connectivity index (χ3v) is 5.48. The molecular formula is C13H22N4OS2. The summed E-state index contributed by atoms with van der Waals surface area (Å²) in [5.74, 6) is 0.668. The van der Waals surface area contributed by atoms with Crippen LogP contribution in [0.2, 0.25) is 0 Å². The van der Waals surface area contributed by atoms with Crippen molar-refractivity contribution < 1.29 is 4.79 Å². The van der Waals surface area contributed by atoms with Gasteiger partial charge in [0.1, 0.15) is 5.01 Å². The first-order valence-corrected chi connectivity index (χ1v) is 8.74. The van der Waals surface area contributed by atoms with Gasteiger partial charge in [-0.3, -0.25) is 9.69 Å². The molecule has 2 heterocycles. The van der Waals surface area contributed by atoms with Crippen molar-refractivity contribution in [2.75, 3.05) is 25.4 Å². The first-order chi connectivity index (χ1) is 9.47. The third kappa shape index (κ3) is 3.93. The van der Waals surface area contributed by atoms with E-state index >= 15 is 0 Å². The number of hydrogen-bond acceptors (Lipinski definition) is 6. The van der Waals surface area contributed by atoms with Crippen molar-refractivity contribution in [1.29, 1.82) is 0 Å². The number of nitrogens with zero attached hydrogens (tertiary/aromatic N) is 4. The van der Waals surface area contributed by atoms with E-state index in [-0.39, 0.29) is 5.91 Å². The normalized spacial score (nSPS) is 20.6. The Morgan fingerprint density at radius 2 is 2.20 bits per heavy atom. The number of rotatable bonds is 4. The summed E-state index contributed by atoms with van der Waals surface area (Å²) in [5, 5.41) is 8.94. The van der Waals surface area contributed by atoms with Crippen LogP contribution in [-0.4, -0.2) is 63.4 Å². The summed E-state index contributed by atoms with van der Waals surface area (Å²) in [5.41, 5.74) is 0.